The highest BCUT2D eigenvalue weighted by molar-refractivity contribution is 6.05. The van der Waals surface area contributed by atoms with Gasteiger partial charge in [0.25, 0.3) is 5.91 Å². The van der Waals surface area contributed by atoms with Gasteiger partial charge in [0.1, 0.15) is 0 Å². The standard InChI is InChI=1S/C30H32N4O2/c1-21(23-8-4-2-5-9-23)32-29(35)24-12-15-26-27(30(36)33-28(26)18-24)19-31-25-13-10-22(11-14-25)20-34-16-6-3-7-17-34/h2,4-5,8-15,18-19,21,33,36H,3,6-7,16-17,20H2,1H3,(H,32,35)/t21-/m1/s1. The molecular weight excluding hydrogens is 448 g/mol. The van der Waals surface area contributed by atoms with Crippen molar-refractivity contribution in [2.45, 2.75) is 38.8 Å². The van der Waals surface area contributed by atoms with Gasteiger partial charge >= 0.3 is 0 Å². The van der Waals surface area contributed by atoms with E-state index in [2.05, 4.69) is 32.3 Å². The molecule has 1 saturated heterocycles. The smallest absolute Gasteiger partial charge is 0.251 e. The van der Waals surface area contributed by atoms with Gasteiger partial charge in [-0.1, -0.05) is 55.0 Å². The predicted molar refractivity (Wildman–Crippen MR) is 145 cm³/mol. The summed E-state index contributed by atoms with van der Waals surface area (Å²) in [4.78, 5) is 22.9. The largest absolute Gasteiger partial charge is 0.494 e. The number of H-pyrrole nitrogens is 1. The first kappa shape index (κ1) is 23.8. The monoisotopic (exact) mass is 480 g/mol. The molecule has 1 amide bonds. The lowest BCUT2D eigenvalue weighted by Gasteiger charge is -2.26. The zero-order chi connectivity index (χ0) is 24.9. The summed E-state index contributed by atoms with van der Waals surface area (Å²) in [5, 5.41) is 14.4. The van der Waals surface area contributed by atoms with Crippen molar-refractivity contribution in [3.05, 3.63) is 95.1 Å². The number of carbonyl (C=O) groups excluding carboxylic acids is 1. The van der Waals surface area contributed by atoms with Gasteiger partial charge in [-0.25, -0.2) is 0 Å². The van der Waals surface area contributed by atoms with E-state index in [4.69, 9.17) is 0 Å². The van der Waals surface area contributed by atoms with E-state index in [1.54, 1.807) is 18.3 Å². The molecule has 2 heterocycles. The van der Waals surface area contributed by atoms with Crippen LogP contribution in [-0.2, 0) is 6.54 Å². The highest BCUT2D eigenvalue weighted by Crippen LogP contribution is 2.28. The molecule has 6 heteroatoms. The predicted octanol–water partition coefficient (Wildman–Crippen LogP) is 6.10. The van der Waals surface area contributed by atoms with Crippen LogP contribution in [0, 0.1) is 0 Å². The van der Waals surface area contributed by atoms with Gasteiger partial charge < -0.3 is 15.4 Å². The molecule has 3 N–H and O–H groups in total. The zero-order valence-corrected chi connectivity index (χ0v) is 20.6. The van der Waals surface area contributed by atoms with Gasteiger partial charge in [-0.2, -0.15) is 0 Å². The summed E-state index contributed by atoms with van der Waals surface area (Å²) < 4.78 is 0. The minimum Gasteiger partial charge on any atom is -0.494 e. The highest BCUT2D eigenvalue weighted by atomic mass is 16.3. The van der Waals surface area contributed by atoms with Gasteiger partial charge in [0.05, 0.1) is 17.3 Å². The molecule has 1 aliphatic heterocycles. The van der Waals surface area contributed by atoms with Crippen molar-refractivity contribution in [2.75, 3.05) is 13.1 Å². The summed E-state index contributed by atoms with van der Waals surface area (Å²) in [7, 11) is 0. The number of fused-ring (bicyclic) bond motifs is 1. The Balaban J connectivity index is 1.27. The number of benzene rings is 3. The van der Waals surface area contributed by atoms with Crippen LogP contribution in [0.25, 0.3) is 10.9 Å². The second-order valence-electron chi connectivity index (χ2n) is 9.51. The molecule has 0 bridgehead atoms. The molecule has 0 radical (unpaired) electrons. The quantitative estimate of drug-likeness (QED) is 0.280. The van der Waals surface area contributed by atoms with Crippen LogP contribution in [0.15, 0.2) is 77.8 Å². The first-order valence-electron chi connectivity index (χ1n) is 12.6. The van der Waals surface area contributed by atoms with Crippen molar-refractivity contribution in [3.63, 3.8) is 0 Å². The van der Waals surface area contributed by atoms with Crippen LogP contribution in [0.5, 0.6) is 5.88 Å². The van der Waals surface area contributed by atoms with Gasteiger partial charge in [0.15, 0.2) is 5.88 Å². The Labute approximate surface area is 211 Å². The summed E-state index contributed by atoms with van der Waals surface area (Å²) in [6.07, 6.45) is 5.59. The lowest BCUT2D eigenvalue weighted by Crippen LogP contribution is -2.28. The number of likely N-dealkylation sites (tertiary alicyclic amines) is 1. The molecule has 1 atom stereocenters. The molecule has 0 saturated carbocycles. The number of rotatable bonds is 7. The third kappa shape index (κ3) is 5.50. The van der Waals surface area contributed by atoms with Gasteiger partial charge in [0, 0.05) is 29.2 Å². The minimum absolute atomic E-state index is 0.0330. The molecule has 6 nitrogen and oxygen atoms in total. The Kier molecular flexibility index (Phi) is 7.14. The normalized spacial score (nSPS) is 15.4. The second kappa shape index (κ2) is 10.8. The molecule has 0 spiro atoms. The Morgan fingerprint density at radius 2 is 1.81 bits per heavy atom. The van der Waals surface area contributed by atoms with Crippen LogP contribution in [0.4, 0.5) is 5.69 Å². The second-order valence-corrected chi connectivity index (χ2v) is 9.51. The van der Waals surface area contributed by atoms with Gasteiger partial charge in [-0.15, -0.1) is 0 Å². The third-order valence-corrected chi connectivity index (χ3v) is 6.86. The molecule has 1 aromatic heterocycles. The Bertz CT molecular complexity index is 1350. The number of nitrogens with one attached hydrogen (secondary N) is 2. The third-order valence-electron chi connectivity index (χ3n) is 6.86. The Morgan fingerprint density at radius 3 is 2.56 bits per heavy atom. The van der Waals surface area contributed by atoms with Gasteiger partial charge in [-0.05, 0) is 68.2 Å². The molecule has 5 rings (SSSR count). The van der Waals surface area contributed by atoms with E-state index in [1.807, 2.05) is 55.5 Å². The van der Waals surface area contributed by atoms with Crippen LogP contribution in [0.2, 0.25) is 0 Å². The van der Waals surface area contributed by atoms with E-state index >= 15 is 0 Å². The van der Waals surface area contributed by atoms with Crippen LogP contribution in [-0.4, -0.2) is 40.2 Å². The van der Waals surface area contributed by atoms with Crippen LogP contribution in [0.3, 0.4) is 0 Å². The summed E-state index contributed by atoms with van der Waals surface area (Å²) in [5.74, 6) is -0.132. The molecule has 0 unspecified atom stereocenters. The maximum Gasteiger partial charge on any atom is 0.251 e. The first-order chi connectivity index (χ1) is 17.6. The van der Waals surface area contributed by atoms with Crippen LogP contribution < -0.4 is 5.32 Å². The number of piperidine rings is 1. The van der Waals surface area contributed by atoms with Gasteiger partial charge in [0.2, 0.25) is 0 Å². The van der Waals surface area contributed by atoms with Crippen molar-refractivity contribution in [1.82, 2.24) is 15.2 Å². The highest BCUT2D eigenvalue weighted by Gasteiger charge is 2.15. The number of nitrogens with zero attached hydrogens (tertiary/aromatic N) is 2. The number of aromatic amines is 1. The van der Waals surface area contributed by atoms with Crippen molar-refractivity contribution in [3.8, 4) is 5.88 Å². The molecule has 36 heavy (non-hydrogen) atoms. The van der Waals surface area contributed by atoms with E-state index in [-0.39, 0.29) is 17.8 Å². The summed E-state index contributed by atoms with van der Waals surface area (Å²) in [6, 6.07) is 23.4. The zero-order valence-electron chi connectivity index (χ0n) is 20.6. The lowest BCUT2D eigenvalue weighted by molar-refractivity contribution is 0.0940. The first-order valence-corrected chi connectivity index (χ1v) is 12.6. The average molecular weight is 481 g/mol. The average Bonchev–Trinajstić information content (AvgIpc) is 3.23. The van der Waals surface area contributed by atoms with Crippen molar-refractivity contribution < 1.29 is 9.90 Å². The minimum atomic E-state index is -0.165. The fourth-order valence-corrected chi connectivity index (χ4v) is 4.78. The molecule has 184 valence electrons. The topological polar surface area (TPSA) is 80.7 Å². The Hall–Kier alpha value is -3.90. The number of amides is 1. The maximum absolute atomic E-state index is 12.8. The van der Waals surface area contributed by atoms with Crippen LogP contribution >= 0.6 is 0 Å². The molecule has 1 fully saturated rings. The van der Waals surface area contributed by atoms with E-state index in [1.165, 1.54) is 37.9 Å². The molecule has 3 aromatic carbocycles. The number of aliphatic imine (C=N–C) groups is 1. The van der Waals surface area contributed by atoms with E-state index in [9.17, 15) is 9.90 Å². The fraction of sp³-hybridized carbons (Fsp3) is 0.267. The number of aromatic nitrogens is 1. The fourth-order valence-electron chi connectivity index (χ4n) is 4.78. The molecular formula is C30H32N4O2. The summed E-state index contributed by atoms with van der Waals surface area (Å²) in [6.45, 7) is 5.29. The SMILES string of the molecule is C[C@@H](NC(=O)c1ccc2c(C=Nc3ccc(CN4CCCCC4)cc3)c(O)[nH]c2c1)c1ccccc1. The lowest BCUT2D eigenvalue weighted by atomic mass is 10.1. The number of hydrogen-bond acceptors (Lipinski definition) is 4. The van der Waals surface area contributed by atoms with Crippen molar-refractivity contribution >= 4 is 28.7 Å². The molecule has 1 aliphatic rings. The van der Waals surface area contributed by atoms with Gasteiger partial charge in [-0.3, -0.25) is 14.7 Å². The number of carbonyl (C=O) groups is 1. The summed E-state index contributed by atoms with van der Waals surface area (Å²) in [5.41, 5.74) is 4.98. The van der Waals surface area contributed by atoms with E-state index in [0.29, 0.717) is 16.6 Å². The van der Waals surface area contributed by atoms with Crippen molar-refractivity contribution in [2.24, 2.45) is 4.99 Å². The Morgan fingerprint density at radius 1 is 1.06 bits per heavy atom. The van der Waals surface area contributed by atoms with Crippen molar-refractivity contribution in [1.29, 1.82) is 0 Å². The molecule has 0 aliphatic carbocycles. The van der Waals surface area contributed by atoms with E-state index in [0.717, 1.165) is 23.2 Å². The van der Waals surface area contributed by atoms with Crippen LogP contribution in [0.1, 0.15) is 59.3 Å². The summed E-state index contributed by atoms with van der Waals surface area (Å²) >= 11 is 0. The van der Waals surface area contributed by atoms with E-state index < -0.39 is 0 Å². The maximum atomic E-state index is 12.8. The molecule has 4 aromatic rings. The number of aromatic hydroxyl groups is 1. The number of hydrogen-bond donors (Lipinski definition) is 3.